The maximum absolute atomic E-state index is 15.5. The van der Waals surface area contributed by atoms with Crippen LogP contribution in [0.2, 0.25) is 0 Å². The monoisotopic (exact) mass is 756 g/mol. The Morgan fingerprint density at radius 1 is 0.322 bits per heavy atom. The second kappa shape index (κ2) is 12.9. The van der Waals surface area contributed by atoms with Crippen LogP contribution in [0.3, 0.4) is 0 Å². The smallest absolute Gasteiger partial charge is 0.263 e. The van der Waals surface area contributed by atoms with Gasteiger partial charge >= 0.3 is 0 Å². The van der Waals surface area contributed by atoms with Crippen molar-refractivity contribution < 1.29 is 0 Å². The lowest BCUT2D eigenvalue weighted by Crippen LogP contribution is -2.20. The largest absolute Gasteiger partial charge is 0.307 e. The van der Waals surface area contributed by atoms with Gasteiger partial charge in [-0.3, -0.25) is 13.9 Å². The molecule has 0 aliphatic carbocycles. The molecule has 4 heterocycles. The first-order valence-corrected chi connectivity index (χ1v) is 19.7. The second-order valence-electron chi connectivity index (χ2n) is 14.8. The van der Waals surface area contributed by atoms with Gasteiger partial charge in [0.1, 0.15) is 0 Å². The van der Waals surface area contributed by atoms with Crippen molar-refractivity contribution in [2.24, 2.45) is 0 Å². The number of nitrogens with zero attached hydrogens (tertiary/aromatic N) is 6. The summed E-state index contributed by atoms with van der Waals surface area (Å²) >= 11 is 0. The third kappa shape index (κ3) is 5.01. The summed E-state index contributed by atoms with van der Waals surface area (Å²) in [7, 11) is 0. The number of rotatable bonds is 5. The van der Waals surface area contributed by atoms with E-state index in [-0.39, 0.29) is 5.56 Å². The first-order valence-electron chi connectivity index (χ1n) is 19.7. The number of aromatic nitrogens is 6. The fraction of sp³-hybridized carbons (Fsp3) is 0. The third-order valence-electron chi connectivity index (χ3n) is 11.5. The summed E-state index contributed by atoms with van der Waals surface area (Å²) in [4.78, 5) is 30.8. The molecular formula is C52H32N6O. The Labute approximate surface area is 337 Å². The van der Waals surface area contributed by atoms with E-state index < -0.39 is 0 Å². The predicted octanol–water partition coefficient (Wildman–Crippen LogP) is 11.9. The van der Waals surface area contributed by atoms with Crippen LogP contribution in [-0.2, 0) is 0 Å². The zero-order valence-corrected chi connectivity index (χ0v) is 31.6. The fourth-order valence-corrected chi connectivity index (χ4v) is 8.90. The van der Waals surface area contributed by atoms with Crippen LogP contribution < -0.4 is 5.56 Å². The van der Waals surface area contributed by atoms with Crippen LogP contribution in [0.25, 0.3) is 105 Å². The Hall–Kier alpha value is -8.16. The van der Waals surface area contributed by atoms with Gasteiger partial charge in [-0.25, -0.2) is 4.98 Å². The van der Waals surface area contributed by atoms with Gasteiger partial charge in [0.15, 0.2) is 11.6 Å². The molecule has 0 bridgehead atoms. The Morgan fingerprint density at radius 2 is 0.780 bits per heavy atom. The van der Waals surface area contributed by atoms with Gasteiger partial charge in [0.05, 0.1) is 33.0 Å². The Kier molecular flexibility index (Phi) is 7.24. The van der Waals surface area contributed by atoms with E-state index >= 15 is 4.79 Å². The molecule has 0 aliphatic rings. The minimum Gasteiger partial charge on any atom is -0.307 e. The minimum absolute atomic E-state index is 0.111. The highest BCUT2D eigenvalue weighted by atomic mass is 16.1. The lowest BCUT2D eigenvalue weighted by molar-refractivity contribution is 0.953. The maximum Gasteiger partial charge on any atom is 0.263 e. The zero-order valence-electron chi connectivity index (χ0n) is 31.6. The molecule has 0 radical (unpaired) electrons. The third-order valence-corrected chi connectivity index (χ3v) is 11.5. The Balaban J connectivity index is 1.24. The molecule has 0 atom stereocenters. The molecular weight excluding hydrogens is 725 g/mol. The first-order chi connectivity index (χ1) is 29.2. The molecule has 0 amide bonds. The van der Waals surface area contributed by atoms with Crippen LogP contribution in [0.1, 0.15) is 0 Å². The van der Waals surface area contributed by atoms with Crippen molar-refractivity contribution in [1.29, 1.82) is 0 Å². The molecule has 0 saturated carbocycles. The van der Waals surface area contributed by atoms with Crippen LogP contribution in [0.5, 0.6) is 0 Å². The Bertz CT molecular complexity index is 3610. The molecule has 0 saturated heterocycles. The quantitative estimate of drug-likeness (QED) is 0.164. The van der Waals surface area contributed by atoms with Gasteiger partial charge in [-0.2, -0.15) is 9.97 Å². The van der Waals surface area contributed by atoms with Crippen LogP contribution in [-0.4, -0.2) is 28.7 Å². The summed E-state index contributed by atoms with van der Waals surface area (Å²) in [6, 6.07) is 65.8. The van der Waals surface area contributed by atoms with E-state index in [1.165, 1.54) is 0 Å². The topological polar surface area (TPSA) is 70.5 Å². The zero-order chi connectivity index (χ0) is 39.0. The van der Waals surface area contributed by atoms with Crippen LogP contribution >= 0.6 is 0 Å². The fourth-order valence-electron chi connectivity index (χ4n) is 8.90. The highest BCUT2D eigenvalue weighted by Crippen LogP contribution is 2.41. The first kappa shape index (κ1) is 33.0. The van der Waals surface area contributed by atoms with E-state index in [0.717, 1.165) is 82.4 Å². The SMILES string of the molecule is O=c1c2cc3c(cc2c2ccc4c5ccccc5n(-c5ccccc5)c4c2n1-c1ccccc1)c1ccccc1n3-c1nc(-c2ccccc2)nc(-c2ccccc2)n1. The molecule has 7 heteroatoms. The van der Waals surface area contributed by atoms with Gasteiger partial charge in [-0.15, -0.1) is 0 Å². The molecule has 4 aromatic heterocycles. The number of fused-ring (bicyclic) bond motifs is 10. The summed E-state index contributed by atoms with van der Waals surface area (Å²) in [5.74, 6) is 1.61. The van der Waals surface area contributed by atoms with Crippen molar-refractivity contribution in [1.82, 2.24) is 28.7 Å². The summed E-state index contributed by atoms with van der Waals surface area (Å²) in [6.45, 7) is 0. The van der Waals surface area contributed by atoms with Gasteiger partial charge in [0.2, 0.25) is 5.95 Å². The standard InChI is InChI=1S/C52H32N6O/c59-51-43-32-46-42(38-26-14-16-28-45(38)58(46)52-54-49(33-17-5-1-6-18-33)53-50(55-52)34-19-7-2-8-20-34)31-41(43)40-30-29-39-37-25-13-15-27-44(37)56(35-21-9-3-10-22-35)47(39)48(40)57(51)36-23-11-4-12-24-36/h1-32H. The second-order valence-corrected chi connectivity index (χ2v) is 14.8. The highest BCUT2D eigenvalue weighted by molar-refractivity contribution is 6.24. The number of benzene rings is 8. The summed E-state index contributed by atoms with van der Waals surface area (Å²) < 4.78 is 6.29. The average molecular weight is 757 g/mol. The number of para-hydroxylation sites is 4. The molecule has 0 spiro atoms. The lowest BCUT2D eigenvalue weighted by Gasteiger charge is -2.17. The summed E-state index contributed by atoms with van der Waals surface area (Å²) in [5.41, 5.74) is 8.15. The van der Waals surface area contributed by atoms with Crippen molar-refractivity contribution in [3.05, 3.63) is 204 Å². The molecule has 59 heavy (non-hydrogen) atoms. The minimum atomic E-state index is -0.111. The maximum atomic E-state index is 15.5. The van der Waals surface area contributed by atoms with Gasteiger partial charge in [-0.1, -0.05) is 146 Å². The van der Waals surface area contributed by atoms with E-state index in [1.807, 2.05) is 114 Å². The molecule has 12 rings (SSSR count). The van der Waals surface area contributed by atoms with E-state index in [1.54, 1.807) is 0 Å². The molecule has 276 valence electrons. The van der Waals surface area contributed by atoms with Gasteiger partial charge in [-0.05, 0) is 53.9 Å². The number of hydrogen-bond acceptors (Lipinski definition) is 4. The van der Waals surface area contributed by atoms with Gasteiger partial charge in [0, 0.05) is 49.4 Å². The van der Waals surface area contributed by atoms with Crippen LogP contribution in [0, 0.1) is 0 Å². The Morgan fingerprint density at radius 3 is 1.37 bits per heavy atom. The number of hydrogen-bond donors (Lipinski definition) is 0. The summed E-state index contributed by atoms with van der Waals surface area (Å²) in [6.07, 6.45) is 0. The highest BCUT2D eigenvalue weighted by Gasteiger charge is 2.24. The summed E-state index contributed by atoms with van der Waals surface area (Å²) in [5, 5.41) is 6.69. The molecule has 0 aliphatic heterocycles. The van der Waals surface area contributed by atoms with Crippen LogP contribution in [0.4, 0.5) is 0 Å². The van der Waals surface area contributed by atoms with Crippen molar-refractivity contribution in [3.8, 4) is 40.1 Å². The normalized spacial score (nSPS) is 11.8. The van der Waals surface area contributed by atoms with E-state index in [9.17, 15) is 0 Å². The van der Waals surface area contributed by atoms with E-state index in [0.29, 0.717) is 23.0 Å². The van der Waals surface area contributed by atoms with Gasteiger partial charge < -0.3 is 4.57 Å². The van der Waals surface area contributed by atoms with Crippen molar-refractivity contribution in [2.75, 3.05) is 0 Å². The molecule has 0 fully saturated rings. The predicted molar refractivity (Wildman–Crippen MR) is 240 cm³/mol. The van der Waals surface area contributed by atoms with E-state index in [4.69, 9.17) is 15.0 Å². The van der Waals surface area contributed by atoms with Crippen LogP contribution in [0.15, 0.2) is 199 Å². The van der Waals surface area contributed by atoms with E-state index in [2.05, 4.69) is 94.1 Å². The van der Waals surface area contributed by atoms with Crippen molar-refractivity contribution in [2.45, 2.75) is 0 Å². The van der Waals surface area contributed by atoms with Gasteiger partial charge in [0.25, 0.3) is 5.56 Å². The average Bonchev–Trinajstić information content (AvgIpc) is 3.82. The van der Waals surface area contributed by atoms with Crippen molar-refractivity contribution >= 4 is 65.3 Å². The molecule has 8 aromatic carbocycles. The lowest BCUT2D eigenvalue weighted by atomic mass is 10.0. The molecule has 0 N–H and O–H groups in total. The molecule has 7 nitrogen and oxygen atoms in total. The van der Waals surface area contributed by atoms with Crippen molar-refractivity contribution in [3.63, 3.8) is 0 Å². The number of pyridine rings is 1. The molecule has 0 unspecified atom stereocenters. The molecule has 12 aromatic rings.